The highest BCUT2D eigenvalue weighted by Crippen LogP contribution is 2.23. The summed E-state index contributed by atoms with van der Waals surface area (Å²) in [6.07, 6.45) is 2.89. The minimum absolute atomic E-state index is 0.702. The first-order chi connectivity index (χ1) is 10.6. The molecule has 1 aliphatic heterocycles. The van der Waals surface area contributed by atoms with E-state index in [4.69, 9.17) is 0 Å². The van der Waals surface area contributed by atoms with Crippen molar-refractivity contribution in [1.29, 1.82) is 0 Å². The molecule has 3 rings (SSSR count). The van der Waals surface area contributed by atoms with Gasteiger partial charge in [-0.25, -0.2) is 15.0 Å². The Morgan fingerprint density at radius 1 is 1.32 bits per heavy atom. The zero-order chi connectivity index (χ0) is 15.5. The number of rotatable bonds is 5. The van der Waals surface area contributed by atoms with Gasteiger partial charge >= 0.3 is 0 Å². The third-order valence-corrected chi connectivity index (χ3v) is 5.15. The van der Waals surface area contributed by atoms with Crippen molar-refractivity contribution in [2.45, 2.75) is 26.8 Å². The van der Waals surface area contributed by atoms with Crippen molar-refractivity contribution in [3.05, 3.63) is 34.2 Å². The van der Waals surface area contributed by atoms with Crippen LogP contribution in [0.5, 0.6) is 0 Å². The van der Waals surface area contributed by atoms with Gasteiger partial charge in [-0.15, -0.1) is 11.3 Å². The van der Waals surface area contributed by atoms with Gasteiger partial charge in [-0.2, -0.15) is 0 Å². The Balaban J connectivity index is 1.53. The molecule has 1 atom stereocenters. The second-order valence-electron chi connectivity index (χ2n) is 6.18. The molecule has 118 valence electrons. The molecule has 2 aromatic heterocycles. The first-order valence-electron chi connectivity index (χ1n) is 7.73. The predicted octanol–water partition coefficient (Wildman–Crippen LogP) is 2.51. The molecule has 1 fully saturated rings. The van der Waals surface area contributed by atoms with Gasteiger partial charge in [0.1, 0.15) is 12.1 Å². The standard InChI is InChI=1S/C16H23N5S/c1-12-6-16(18-10-17-12)21-5-4-14(8-21)7-20(3)9-15-13(2)19-11-22-15/h6,10-11,14H,4-5,7-9H2,1-3H3/t14-/m0/s1. The molecule has 1 aliphatic rings. The van der Waals surface area contributed by atoms with Crippen LogP contribution in [0.2, 0.25) is 0 Å². The highest BCUT2D eigenvalue weighted by Gasteiger charge is 2.24. The van der Waals surface area contributed by atoms with E-state index in [1.165, 1.54) is 17.0 Å². The van der Waals surface area contributed by atoms with Gasteiger partial charge < -0.3 is 9.80 Å². The molecule has 2 aromatic rings. The van der Waals surface area contributed by atoms with Gasteiger partial charge in [0.15, 0.2) is 0 Å². The van der Waals surface area contributed by atoms with E-state index in [0.29, 0.717) is 5.92 Å². The summed E-state index contributed by atoms with van der Waals surface area (Å²) in [4.78, 5) is 19.1. The number of aryl methyl sites for hydroxylation is 2. The molecule has 22 heavy (non-hydrogen) atoms. The van der Waals surface area contributed by atoms with Gasteiger partial charge in [0.05, 0.1) is 11.2 Å². The molecule has 0 N–H and O–H groups in total. The Morgan fingerprint density at radius 3 is 2.91 bits per heavy atom. The molecule has 3 heterocycles. The summed E-state index contributed by atoms with van der Waals surface area (Å²) in [5, 5.41) is 0. The van der Waals surface area contributed by atoms with Gasteiger partial charge in [0, 0.05) is 42.8 Å². The van der Waals surface area contributed by atoms with Crippen LogP contribution in [0.15, 0.2) is 17.9 Å². The van der Waals surface area contributed by atoms with Crippen LogP contribution in [-0.2, 0) is 6.54 Å². The van der Waals surface area contributed by atoms with Crippen molar-refractivity contribution in [2.24, 2.45) is 5.92 Å². The molecule has 1 saturated heterocycles. The Morgan fingerprint density at radius 2 is 2.18 bits per heavy atom. The molecule has 0 aromatic carbocycles. The van der Waals surface area contributed by atoms with Crippen LogP contribution in [0.25, 0.3) is 0 Å². The lowest BCUT2D eigenvalue weighted by Gasteiger charge is -2.21. The van der Waals surface area contributed by atoms with Crippen LogP contribution in [0.1, 0.15) is 22.7 Å². The highest BCUT2D eigenvalue weighted by atomic mass is 32.1. The fourth-order valence-electron chi connectivity index (χ4n) is 3.03. The quantitative estimate of drug-likeness (QED) is 0.848. The summed E-state index contributed by atoms with van der Waals surface area (Å²) in [7, 11) is 2.21. The first-order valence-corrected chi connectivity index (χ1v) is 8.61. The Bertz CT molecular complexity index is 627. The lowest BCUT2D eigenvalue weighted by Crippen LogP contribution is -2.28. The maximum atomic E-state index is 4.40. The summed E-state index contributed by atoms with van der Waals surface area (Å²) >= 11 is 1.75. The van der Waals surface area contributed by atoms with E-state index >= 15 is 0 Å². The largest absolute Gasteiger partial charge is 0.356 e. The molecule has 6 heteroatoms. The van der Waals surface area contributed by atoms with Gasteiger partial charge in [0.2, 0.25) is 0 Å². The van der Waals surface area contributed by atoms with Gasteiger partial charge in [-0.3, -0.25) is 0 Å². The third kappa shape index (κ3) is 3.62. The molecular formula is C16H23N5S. The Hall–Kier alpha value is -1.53. The molecule has 0 bridgehead atoms. The zero-order valence-corrected chi connectivity index (χ0v) is 14.3. The second kappa shape index (κ2) is 6.71. The lowest BCUT2D eigenvalue weighted by molar-refractivity contribution is 0.281. The smallest absolute Gasteiger partial charge is 0.132 e. The van der Waals surface area contributed by atoms with Crippen molar-refractivity contribution in [3.8, 4) is 0 Å². The number of thiazole rings is 1. The SMILES string of the molecule is Cc1cc(N2CC[C@@H](CN(C)Cc3scnc3C)C2)ncn1. The van der Waals surface area contributed by atoms with Crippen molar-refractivity contribution in [3.63, 3.8) is 0 Å². The molecule has 0 spiro atoms. The zero-order valence-electron chi connectivity index (χ0n) is 13.5. The van der Waals surface area contributed by atoms with Crippen LogP contribution in [-0.4, -0.2) is 46.5 Å². The van der Waals surface area contributed by atoms with Crippen LogP contribution in [0.4, 0.5) is 5.82 Å². The lowest BCUT2D eigenvalue weighted by atomic mass is 10.1. The Labute approximate surface area is 136 Å². The minimum Gasteiger partial charge on any atom is -0.356 e. The number of nitrogens with zero attached hydrogens (tertiary/aromatic N) is 5. The Kier molecular flexibility index (Phi) is 4.69. The average Bonchev–Trinajstić information content (AvgIpc) is 3.09. The number of anilines is 1. The van der Waals surface area contributed by atoms with Crippen LogP contribution in [0, 0.1) is 19.8 Å². The maximum absolute atomic E-state index is 4.40. The summed E-state index contributed by atoms with van der Waals surface area (Å²) in [6.45, 7) is 8.41. The van der Waals surface area contributed by atoms with E-state index < -0.39 is 0 Å². The van der Waals surface area contributed by atoms with E-state index in [1.54, 1.807) is 17.7 Å². The minimum atomic E-state index is 0.702. The van der Waals surface area contributed by atoms with Crippen LogP contribution < -0.4 is 4.90 Å². The van der Waals surface area contributed by atoms with Crippen molar-refractivity contribution >= 4 is 17.2 Å². The number of hydrogen-bond acceptors (Lipinski definition) is 6. The summed E-state index contributed by atoms with van der Waals surface area (Å²) in [6, 6.07) is 2.08. The first kappa shape index (κ1) is 15.4. The number of hydrogen-bond donors (Lipinski definition) is 0. The fraction of sp³-hybridized carbons (Fsp3) is 0.562. The van der Waals surface area contributed by atoms with E-state index in [0.717, 1.165) is 37.7 Å². The summed E-state index contributed by atoms with van der Waals surface area (Å²) in [5.74, 6) is 1.77. The molecule has 0 unspecified atom stereocenters. The van der Waals surface area contributed by atoms with Gasteiger partial charge in [-0.1, -0.05) is 0 Å². The number of aromatic nitrogens is 3. The van der Waals surface area contributed by atoms with Crippen molar-refractivity contribution in [1.82, 2.24) is 19.9 Å². The summed E-state index contributed by atoms with van der Waals surface area (Å²) in [5.41, 5.74) is 4.14. The molecule has 5 nitrogen and oxygen atoms in total. The van der Waals surface area contributed by atoms with E-state index in [9.17, 15) is 0 Å². The van der Waals surface area contributed by atoms with Crippen LogP contribution >= 0.6 is 11.3 Å². The summed E-state index contributed by atoms with van der Waals surface area (Å²) < 4.78 is 0. The highest BCUT2D eigenvalue weighted by molar-refractivity contribution is 7.09. The molecule has 0 radical (unpaired) electrons. The molecule has 0 saturated carbocycles. The van der Waals surface area contributed by atoms with E-state index in [-0.39, 0.29) is 0 Å². The normalized spacial score (nSPS) is 18.4. The van der Waals surface area contributed by atoms with Crippen LogP contribution in [0.3, 0.4) is 0 Å². The van der Waals surface area contributed by atoms with Crippen molar-refractivity contribution < 1.29 is 0 Å². The monoisotopic (exact) mass is 317 g/mol. The molecule has 0 amide bonds. The van der Waals surface area contributed by atoms with E-state index in [2.05, 4.69) is 44.8 Å². The maximum Gasteiger partial charge on any atom is 0.132 e. The third-order valence-electron chi connectivity index (χ3n) is 4.23. The molecular weight excluding hydrogens is 294 g/mol. The van der Waals surface area contributed by atoms with Crippen molar-refractivity contribution in [2.75, 3.05) is 31.6 Å². The second-order valence-corrected chi connectivity index (χ2v) is 7.12. The average molecular weight is 317 g/mol. The molecule has 0 aliphatic carbocycles. The topological polar surface area (TPSA) is 45.2 Å². The predicted molar refractivity (Wildman–Crippen MR) is 90.3 cm³/mol. The van der Waals surface area contributed by atoms with Gasteiger partial charge in [-0.05, 0) is 33.2 Å². The van der Waals surface area contributed by atoms with E-state index in [1.807, 2.05) is 12.4 Å². The fourth-order valence-corrected chi connectivity index (χ4v) is 3.89. The van der Waals surface area contributed by atoms with Gasteiger partial charge in [0.25, 0.3) is 0 Å².